The topological polar surface area (TPSA) is 74.6 Å². The van der Waals surface area contributed by atoms with Crippen LogP contribution in [-0.4, -0.2) is 51.7 Å². The Kier molecular flexibility index (Phi) is 10.1. The van der Waals surface area contributed by atoms with E-state index in [-0.39, 0.29) is 5.91 Å². The SMILES string of the molecule is COc1ccc(CCN(C)CCCNC(=O)C/C=C/c2ccccc2C#N)cc1OC. The molecule has 0 atom stereocenters. The van der Waals surface area contributed by atoms with Crippen molar-refractivity contribution in [2.24, 2.45) is 0 Å². The molecule has 6 heteroatoms. The molecular weight excluding hydrogens is 390 g/mol. The van der Waals surface area contributed by atoms with Crippen LogP contribution in [-0.2, 0) is 11.2 Å². The van der Waals surface area contributed by atoms with E-state index in [1.54, 1.807) is 26.4 Å². The highest BCUT2D eigenvalue weighted by atomic mass is 16.5. The maximum Gasteiger partial charge on any atom is 0.223 e. The number of carbonyl (C=O) groups is 1. The first-order chi connectivity index (χ1) is 15.1. The second-order valence-electron chi connectivity index (χ2n) is 7.25. The first-order valence-corrected chi connectivity index (χ1v) is 10.4. The van der Waals surface area contributed by atoms with Crippen LogP contribution < -0.4 is 14.8 Å². The van der Waals surface area contributed by atoms with Gasteiger partial charge in [-0.25, -0.2) is 0 Å². The Balaban J connectivity index is 1.64. The van der Waals surface area contributed by atoms with E-state index < -0.39 is 0 Å². The van der Waals surface area contributed by atoms with Crippen LogP contribution in [0.4, 0.5) is 0 Å². The van der Waals surface area contributed by atoms with Gasteiger partial charge in [-0.05, 0) is 55.8 Å². The molecular formula is C25H31N3O3. The van der Waals surface area contributed by atoms with Gasteiger partial charge >= 0.3 is 0 Å². The van der Waals surface area contributed by atoms with Crippen molar-refractivity contribution in [1.29, 1.82) is 5.26 Å². The van der Waals surface area contributed by atoms with E-state index in [9.17, 15) is 4.79 Å². The zero-order chi connectivity index (χ0) is 22.5. The molecule has 0 heterocycles. The van der Waals surface area contributed by atoms with Crippen molar-refractivity contribution in [3.63, 3.8) is 0 Å². The van der Waals surface area contributed by atoms with Gasteiger partial charge in [-0.1, -0.05) is 36.4 Å². The lowest BCUT2D eigenvalue weighted by Gasteiger charge is -2.17. The molecule has 0 aliphatic carbocycles. The fourth-order valence-electron chi connectivity index (χ4n) is 3.15. The summed E-state index contributed by atoms with van der Waals surface area (Å²) in [5.41, 5.74) is 2.63. The molecule has 0 aromatic heterocycles. The summed E-state index contributed by atoms with van der Waals surface area (Å²) in [6.45, 7) is 2.46. The minimum atomic E-state index is -0.0151. The van der Waals surface area contributed by atoms with E-state index in [1.165, 1.54) is 5.56 Å². The van der Waals surface area contributed by atoms with E-state index >= 15 is 0 Å². The maximum atomic E-state index is 12.0. The van der Waals surface area contributed by atoms with E-state index in [1.807, 2.05) is 36.4 Å². The van der Waals surface area contributed by atoms with Gasteiger partial charge in [0.25, 0.3) is 0 Å². The summed E-state index contributed by atoms with van der Waals surface area (Å²) in [7, 11) is 5.36. The van der Waals surface area contributed by atoms with Crippen molar-refractivity contribution in [3.8, 4) is 17.6 Å². The van der Waals surface area contributed by atoms with Gasteiger partial charge < -0.3 is 19.7 Å². The van der Waals surface area contributed by atoms with Gasteiger partial charge in [0.2, 0.25) is 5.91 Å². The molecule has 164 valence electrons. The molecule has 0 aliphatic rings. The van der Waals surface area contributed by atoms with Gasteiger partial charge in [0.15, 0.2) is 11.5 Å². The van der Waals surface area contributed by atoms with Crippen molar-refractivity contribution in [2.75, 3.05) is 40.9 Å². The molecule has 0 fully saturated rings. The van der Waals surface area contributed by atoms with Crippen molar-refractivity contribution < 1.29 is 14.3 Å². The molecule has 0 radical (unpaired) electrons. The predicted molar refractivity (Wildman–Crippen MR) is 123 cm³/mol. The summed E-state index contributed by atoms with van der Waals surface area (Å²) in [6, 6.07) is 15.5. The Labute approximate surface area is 185 Å². The lowest BCUT2D eigenvalue weighted by Crippen LogP contribution is -2.28. The molecule has 0 bridgehead atoms. The highest BCUT2D eigenvalue weighted by molar-refractivity contribution is 5.78. The average molecular weight is 422 g/mol. The van der Waals surface area contributed by atoms with Crippen molar-refractivity contribution >= 4 is 12.0 Å². The number of amides is 1. The zero-order valence-corrected chi connectivity index (χ0v) is 18.6. The number of hydrogen-bond donors (Lipinski definition) is 1. The van der Waals surface area contributed by atoms with E-state index in [2.05, 4.69) is 29.4 Å². The van der Waals surface area contributed by atoms with Gasteiger partial charge in [-0.15, -0.1) is 0 Å². The number of carbonyl (C=O) groups excluding carboxylic acids is 1. The summed E-state index contributed by atoms with van der Waals surface area (Å²) in [5.74, 6) is 1.47. The van der Waals surface area contributed by atoms with Crippen LogP contribution in [0.5, 0.6) is 11.5 Å². The maximum absolute atomic E-state index is 12.0. The molecule has 2 rings (SSSR count). The number of nitrogens with zero attached hydrogens (tertiary/aromatic N) is 2. The number of benzene rings is 2. The Morgan fingerprint density at radius 3 is 2.65 bits per heavy atom. The molecule has 0 spiro atoms. The fraction of sp³-hybridized carbons (Fsp3) is 0.360. The molecule has 0 saturated carbocycles. The quantitative estimate of drug-likeness (QED) is 0.530. The first kappa shape index (κ1) is 24.0. The molecule has 1 N–H and O–H groups in total. The van der Waals surface area contributed by atoms with Crippen LogP contribution >= 0.6 is 0 Å². The second-order valence-corrected chi connectivity index (χ2v) is 7.25. The number of likely N-dealkylation sites (N-methyl/N-ethyl adjacent to an activating group) is 1. The molecule has 6 nitrogen and oxygen atoms in total. The van der Waals surface area contributed by atoms with E-state index in [0.717, 1.165) is 43.0 Å². The lowest BCUT2D eigenvalue weighted by atomic mass is 10.1. The van der Waals surface area contributed by atoms with Gasteiger partial charge in [-0.3, -0.25) is 4.79 Å². The van der Waals surface area contributed by atoms with E-state index in [0.29, 0.717) is 18.5 Å². The van der Waals surface area contributed by atoms with Crippen LogP contribution in [0.3, 0.4) is 0 Å². The van der Waals surface area contributed by atoms with Crippen LogP contribution in [0.1, 0.15) is 29.5 Å². The third-order valence-electron chi connectivity index (χ3n) is 4.95. The standard InChI is InChI=1S/C25H31N3O3/c1-28(17-14-20-12-13-23(30-2)24(18-20)31-3)16-7-15-27-25(29)11-6-10-21-8-4-5-9-22(21)19-26/h4-6,8-10,12-13,18H,7,11,14-17H2,1-3H3,(H,27,29)/b10-6+. The van der Waals surface area contributed by atoms with Gasteiger partial charge in [0, 0.05) is 19.5 Å². The normalized spacial score (nSPS) is 10.8. The summed E-state index contributed by atoms with van der Waals surface area (Å²) < 4.78 is 10.6. The highest BCUT2D eigenvalue weighted by Crippen LogP contribution is 2.27. The first-order valence-electron chi connectivity index (χ1n) is 10.4. The number of hydrogen-bond acceptors (Lipinski definition) is 5. The largest absolute Gasteiger partial charge is 0.493 e. The van der Waals surface area contributed by atoms with Crippen LogP contribution in [0.15, 0.2) is 48.5 Å². The third-order valence-corrected chi connectivity index (χ3v) is 4.95. The molecule has 0 unspecified atom stereocenters. The Bertz CT molecular complexity index is 918. The summed E-state index contributed by atoms with van der Waals surface area (Å²) in [4.78, 5) is 14.2. The van der Waals surface area contributed by atoms with Gasteiger partial charge in [-0.2, -0.15) is 5.26 Å². The van der Waals surface area contributed by atoms with Gasteiger partial charge in [0.1, 0.15) is 0 Å². The van der Waals surface area contributed by atoms with Gasteiger partial charge in [0.05, 0.1) is 25.9 Å². The summed E-state index contributed by atoms with van der Waals surface area (Å²) in [5, 5.41) is 12.0. The molecule has 0 aliphatic heterocycles. The van der Waals surface area contributed by atoms with E-state index in [4.69, 9.17) is 14.7 Å². The Morgan fingerprint density at radius 1 is 1.13 bits per heavy atom. The predicted octanol–water partition coefficient (Wildman–Crippen LogP) is 3.66. The Hall–Kier alpha value is -3.30. The van der Waals surface area contributed by atoms with Crippen LogP contribution in [0.2, 0.25) is 0 Å². The second kappa shape index (κ2) is 13.1. The Morgan fingerprint density at radius 2 is 1.90 bits per heavy atom. The zero-order valence-electron chi connectivity index (χ0n) is 18.6. The summed E-state index contributed by atoms with van der Waals surface area (Å²) in [6.07, 6.45) is 5.71. The van der Waals surface area contributed by atoms with Crippen molar-refractivity contribution in [2.45, 2.75) is 19.3 Å². The fourth-order valence-corrected chi connectivity index (χ4v) is 3.15. The van der Waals surface area contributed by atoms with Crippen molar-refractivity contribution in [3.05, 3.63) is 65.2 Å². The number of ether oxygens (including phenoxy) is 2. The van der Waals surface area contributed by atoms with Crippen molar-refractivity contribution in [1.82, 2.24) is 10.2 Å². The molecule has 2 aromatic rings. The lowest BCUT2D eigenvalue weighted by molar-refractivity contribution is -0.120. The monoisotopic (exact) mass is 421 g/mol. The number of nitriles is 1. The molecule has 31 heavy (non-hydrogen) atoms. The average Bonchev–Trinajstić information content (AvgIpc) is 2.80. The molecule has 2 aromatic carbocycles. The third kappa shape index (κ3) is 8.15. The minimum absolute atomic E-state index is 0.0151. The highest BCUT2D eigenvalue weighted by Gasteiger charge is 2.06. The van der Waals surface area contributed by atoms with Crippen LogP contribution in [0, 0.1) is 11.3 Å². The van der Waals surface area contributed by atoms with Crippen LogP contribution in [0.25, 0.3) is 6.08 Å². The number of nitrogens with one attached hydrogen (secondary N) is 1. The minimum Gasteiger partial charge on any atom is -0.493 e. The number of rotatable bonds is 12. The molecule has 1 amide bonds. The smallest absolute Gasteiger partial charge is 0.223 e. The molecule has 0 saturated heterocycles. The number of methoxy groups -OCH3 is 2. The summed E-state index contributed by atoms with van der Waals surface area (Å²) >= 11 is 0.